The van der Waals surface area contributed by atoms with E-state index >= 15 is 0 Å². The zero-order valence-corrected chi connectivity index (χ0v) is 10.6. The highest BCUT2D eigenvalue weighted by Gasteiger charge is 2.23. The summed E-state index contributed by atoms with van der Waals surface area (Å²) in [6, 6.07) is 0.549. The Bertz CT molecular complexity index is 211. The first-order valence-electron chi connectivity index (χ1n) is 6.22. The van der Waals surface area contributed by atoms with Gasteiger partial charge in [0.05, 0.1) is 18.6 Å². The number of carbonyl (C=O) groups excluding carboxylic acids is 1. The summed E-state index contributed by atoms with van der Waals surface area (Å²) >= 11 is 0. The minimum absolute atomic E-state index is 0.134. The van der Waals surface area contributed by atoms with Crippen LogP contribution in [0.2, 0.25) is 0 Å². The molecule has 0 radical (unpaired) electrons. The van der Waals surface area contributed by atoms with Gasteiger partial charge in [-0.05, 0) is 33.6 Å². The Kier molecular flexibility index (Phi) is 5.77. The zero-order valence-electron chi connectivity index (χ0n) is 10.6. The number of nitrogens with one attached hydrogen (secondary N) is 2. The predicted octanol–water partition coefficient (Wildman–Crippen LogP) is 0.916. The molecular weight excluding hydrogens is 204 g/mol. The van der Waals surface area contributed by atoms with Crippen LogP contribution >= 0.6 is 0 Å². The topological polar surface area (TPSA) is 50.4 Å². The molecule has 1 saturated heterocycles. The predicted molar refractivity (Wildman–Crippen MR) is 64.3 cm³/mol. The highest BCUT2D eigenvalue weighted by Crippen LogP contribution is 2.13. The first-order valence-corrected chi connectivity index (χ1v) is 6.22. The lowest BCUT2D eigenvalue weighted by Crippen LogP contribution is -2.44. The average molecular weight is 228 g/mol. The first kappa shape index (κ1) is 13.5. The molecule has 1 rings (SSSR count). The third-order valence-electron chi connectivity index (χ3n) is 2.88. The highest BCUT2D eigenvalue weighted by atomic mass is 16.5. The van der Waals surface area contributed by atoms with Crippen LogP contribution in [0.25, 0.3) is 0 Å². The van der Waals surface area contributed by atoms with Gasteiger partial charge in [0.25, 0.3) is 0 Å². The van der Waals surface area contributed by atoms with E-state index in [1.807, 2.05) is 13.8 Å². The molecule has 2 N–H and O–H groups in total. The fourth-order valence-corrected chi connectivity index (χ4v) is 1.84. The molecule has 0 aliphatic carbocycles. The maximum absolute atomic E-state index is 11.7. The molecule has 1 heterocycles. The van der Waals surface area contributed by atoms with E-state index in [2.05, 4.69) is 17.6 Å². The van der Waals surface area contributed by atoms with Gasteiger partial charge < -0.3 is 15.4 Å². The van der Waals surface area contributed by atoms with Crippen molar-refractivity contribution in [1.29, 1.82) is 0 Å². The van der Waals surface area contributed by atoms with Crippen molar-refractivity contribution in [2.24, 2.45) is 5.92 Å². The molecule has 4 nitrogen and oxygen atoms in total. The minimum Gasteiger partial charge on any atom is -0.377 e. The maximum atomic E-state index is 11.7. The summed E-state index contributed by atoms with van der Waals surface area (Å²) in [5.74, 6) is 0.294. The number of rotatable bonds is 5. The second-order valence-corrected chi connectivity index (χ2v) is 4.79. The van der Waals surface area contributed by atoms with Crippen LogP contribution in [0.15, 0.2) is 0 Å². The molecule has 2 atom stereocenters. The van der Waals surface area contributed by atoms with Gasteiger partial charge in [0.2, 0.25) is 5.91 Å². The summed E-state index contributed by atoms with van der Waals surface area (Å²) in [6.45, 7) is 8.16. The molecule has 2 unspecified atom stereocenters. The Labute approximate surface area is 98.1 Å². The summed E-state index contributed by atoms with van der Waals surface area (Å²) in [6.07, 6.45) is 2.31. The number of piperidine rings is 1. The molecule has 0 saturated carbocycles. The third kappa shape index (κ3) is 4.94. The van der Waals surface area contributed by atoms with Gasteiger partial charge in [0.1, 0.15) is 0 Å². The summed E-state index contributed by atoms with van der Waals surface area (Å²) < 4.78 is 5.37. The van der Waals surface area contributed by atoms with Gasteiger partial charge in [0.15, 0.2) is 0 Å². The summed E-state index contributed by atoms with van der Waals surface area (Å²) in [4.78, 5) is 11.7. The van der Waals surface area contributed by atoms with Crippen molar-refractivity contribution >= 4 is 5.91 Å². The lowest BCUT2D eigenvalue weighted by molar-refractivity contribution is -0.125. The fraction of sp³-hybridized carbons (Fsp3) is 0.917. The van der Waals surface area contributed by atoms with Crippen molar-refractivity contribution < 1.29 is 9.53 Å². The quantitative estimate of drug-likeness (QED) is 0.688. The van der Waals surface area contributed by atoms with E-state index in [0.29, 0.717) is 19.2 Å². The van der Waals surface area contributed by atoms with E-state index in [4.69, 9.17) is 4.74 Å². The third-order valence-corrected chi connectivity index (χ3v) is 2.88. The Morgan fingerprint density at radius 1 is 1.50 bits per heavy atom. The van der Waals surface area contributed by atoms with Crippen LogP contribution in [0.4, 0.5) is 0 Å². The van der Waals surface area contributed by atoms with Crippen LogP contribution in [-0.4, -0.2) is 37.7 Å². The molecule has 0 aromatic rings. The van der Waals surface area contributed by atoms with Crippen molar-refractivity contribution in [3.8, 4) is 0 Å². The SMILES string of the molecule is CC1CCC(C(=O)NCCOC(C)C)CN1. The smallest absolute Gasteiger partial charge is 0.224 e. The normalized spacial score (nSPS) is 25.8. The van der Waals surface area contributed by atoms with E-state index in [-0.39, 0.29) is 17.9 Å². The molecule has 94 valence electrons. The van der Waals surface area contributed by atoms with Crippen molar-refractivity contribution in [3.05, 3.63) is 0 Å². The van der Waals surface area contributed by atoms with Crippen molar-refractivity contribution in [3.63, 3.8) is 0 Å². The second kappa shape index (κ2) is 6.86. The largest absolute Gasteiger partial charge is 0.377 e. The molecule has 0 bridgehead atoms. The van der Waals surface area contributed by atoms with Gasteiger partial charge in [-0.25, -0.2) is 0 Å². The molecule has 1 aliphatic rings. The molecular formula is C12H24N2O2. The van der Waals surface area contributed by atoms with Crippen molar-refractivity contribution in [2.45, 2.75) is 45.8 Å². The standard InChI is InChI=1S/C12H24N2O2/c1-9(2)16-7-6-13-12(15)11-5-4-10(3)14-8-11/h9-11,14H,4-8H2,1-3H3,(H,13,15). The van der Waals surface area contributed by atoms with Crippen LogP contribution in [0.1, 0.15) is 33.6 Å². The van der Waals surface area contributed by atoms with Gasteiger partial charge in [0, 0.05) is 19.1 Å². The van der Waals surface area contributed by atoms with Crippen molar-refractivity contribution in [2.75, 3.05) is 19.7 Å². The summed E-state index contributed by atoms with van der Waals surface area (Å²) in [5, 5.41) is 6.25. The Hall–Kier alpha value is -0.610. The van der Waals surface area contributed by atoms with Gasteiger partial charge in [-0.3, -0.25) is 4.79 Å². The van der Waals surface area contributed by atoms with Crippen LogP contribution in [0.3, 0.4) is 0 Å². The number of hydrogen-bond donors (Lipinski definition) is 2. The molecule has 0 aromatic heterocycles. The maximum Gasteiger partial charge on any atom is 0.224 e. The number of hydrogen-bond acceptors (Lipinski definition) is 3. The van der Waals surface area contributed by atoms with Gasteiger partial charge in [-0.15, -0.1) is 0 Å². The molecule has 1 aliphatic heterocycles. The van der Waals surface area contributed by atoms with Crippen LogP contribution in [0, 0.1) is 5.92 Å². The summed E-state index contributed by atoms with van der Waals surface area (Å²) in [5.41, 5.74) is 0. The molecule has 0 aromatic carbocycles. The molecule has 1 fully saturated rings. The van der Waals surface area contributed by atoms with E-state index in [1.165, 1.54) is 0 Å². The molecule has 1 amide bonds. The Morgan fingerprint density at radius 2 is 2.25 bits per heavy atom. The van der Waals surface area contributed by atoms with Gasteiger partial charge in [-0.2, -0.15) is 0 Å². The summed E-state index contributed by atoms with van der Waals surface area (Å²) in [7, 11) is 0. The van der Waals surface area contributed by atoms with E-state index < -0.39 is 0 Å². The van der Waals surface area contributed by atoms with Crippen LogP contribution in [-0.2, 0) is 9.53 Å². The first-order chi connectivity index (χ1) is 7.59. The lowest BCUT2D eigenvalue weighted by Gasteiger charge is -2.26. The van der Waals surface area contributed by atoms with Gasteiger partial charge >= 0.3 is 0 Å². The minimum atomic E-state index is 0.134. The van der Waals surface area contributed by atoms with Crippen LogP contribution < -0.4 is 10.6 Å². The van der Waals surface area contributed by atoms with Crippen molar-refractivity contribution in [1.82, 2.24) is 10.6 Å². The second-order valence-electron chi connectivity index (χ2n) is 4.79. The van der Waals surface area contributed by atoms with Crippen LogP contribution in [0.5, 0.6) is 0 Å². The molecule has 4 heteroatoms. The molecule has 0 spiro atoms. The number of ether oxygens (including phenoxy) is 1. The lowest BCUT2D eigenvalue weighted by atomic mass is 9.95. The van der Waals surface area contributed by atoms with E-state index in [9.17, 15) is 4.79 Å². The highest BCUT2D eigenvalue weighted by molar-refractivity contribution is 5.78. The average Bonchev–Trinajstić information content (AvgIpc) is 2.25. The number of carbonyl (C=O) groups is 1. The molecule has 16 heavy (non-hydrogen) atoms. The Balaban J connectivity index is 2.10. The monoisotopic (exact) mass is 228 g/mol. The van der Waals surface area contributed by atoms with E-state index in [1.54, 1.807) is 0 Å². The van der Waals surface area contributed by atoms with E-state index in [0.717, 1.165) is 19.4 Å². The fourth-order valence-electron chi connectivity index (χ4n) is 1.84. The zero-order chi connectivity index (χ0) is 12.0. The number of amides is 1. The van der Waals surface area contributed by atoms with Gasteiger partial charge in [-0.1, -0.05) is 0 Å². The Morgan fingerprint density at radius 3 is 2.81 bits per heavy atom.